The first-order valence-corrected chi connectivity index (χ1v) is 8.54. The van der Waals surface area contributed by atoms with Gasteiger partial charge in [0.2, 0.25) is 17.7 Å². The summed E-state index contributed by atoms with van der Waals surface area (Å²) >= 11 is 0. The Hall–Kier alpha value is -3.62. The molecule has 2 rings (SSSR count). The van der Waals surface area contributed by atoms with Crippen molar-refractivity contribution in [1.29, 1.82) is 0 Å². The molecule has 0 aliphatic heterocycles. The smallest absolute Gasteiger partial charge is 0.408 e. The van der Waals surface area contributed by atoms with Gasteiger partial charge in [-0.3, -0.25) is 9.59 Å². The molecule has 0 radical (unpaired) electrons. The molecule has 0 fully saturated rings. The van der Waals surface area contributed by atoms with Gasteiger partial charge >= 0.3 is 6.09 Å². The summed E-state index contributed by atoms with van der Waals surface area (Å²) < 4.78 is 10.1. The molecule has 1 heterocycles. The first-order chi connectivity index (χ1) is 13.5. The zero-order valence-corrected chi connectivity index (χ0v) is 15.4. The molecule has 148 valence electrons. The van der Waals surface area contributed by atoms with Crippen molar-refractivity contribution in [2.75, 3.05) is 12.4 Å². The second-order valence-electron chi connectivity index (χ2n) is 5.84. The number of hydrogen-bond acceptors (Lipinski definition) is 6. The number of anilines is 1. The van der Waals surface area contributed by atoms with E-state index in [0.717, 1.165) is 5.56 Å². The predicted octanol–water partition coefficient (Wildman–Crippen LogP) is 1.59. The van der Waals surface area contributed by atoms with Gasteiger partial charge in [0.25, 0.3) is 0 Å². The van der Waals surface area contributed by atoms with E-state index in [1.807, 2.05) is 18.2 Å². The van der Waals surface area contributed by atoms with Crippen LogP contribution in [0.3, 0.4) is 0 Å². The monoisotopic (exact) mass is 386 g/mol. The molecule has 0 bridgehead atoms. The Labute approximate surface area is 162 Å². The number of benzene rings is 1. The van der Waals surface area contributed by atoms with Crippen LogP contribution in [-0.2, 0) is 20.9 Å². The standard InChI is InChI=1S/C19H22N4O5/c1-27-17-10-7-14(11-21-17)22-18(25)15(8-9-16(20)24)23-19(26)28-12-13-5-3-2-4-6-13/h2-7,10-11,15H,8-9,12H2,1H3,(H2,20,24)(H,22,25)(H,23,26)/t15-/m0/s1. The highest BCUT2D eigenvalue weighted by molar-refractivity contribution is 5.96. The van der Waals surface area contributed by atoms with E-state index in [1.54, 1.807) is 24.3 Å². The van der Waals surface area contributed by atoms with Crippen LogP contribution in [0.25, 0.3) is 0 Å². The van der Waals surface area contributed by atoms with Crippen LogP contribution in [-0.4, -0.2) is 36.0 Å². The van der Waals surface area contributed by atoms with Crippen LogP contribution in [0.4, 0.5) is 10.5 Å². The number of carbonyl (C=O) groups is 3. The van der Waals surface area contributed by atoms with Gasteiger partial charge in [-0.25, -0.2) is 9.78 Å². The number of nitrogens with zero attached hydrogens (tertiary/aromatic N) is 1. The fraction of sp³-hybridized carbons (Fsp3) is 0.263. The van der Waals surface area contributed by atoms with Crippen LogP contribution in [0.2, 0.25) is 0 Å². The summed E-state index contributed by atoms with van der Waals surface area (Å²) in [6.45, 7) is 0.0548. The van der Waals surface area contributed by atoms with Gasteiger partial charge in [0.05, 0.1) is 19.0 Å². The minimum atomic E-state index is -1.00. The quantitative estimate of drug-likeness (QED) is 0.599. The van der Waals surface area contributed by atoms with E-state index >= 15 is 0 Å². The number of amides is 3. The summed E-state index contributed by atoms with van der Waals surface area (Å²) in [6.07, 6.45) is 0.597. The third kappa shape index (κ3) is 6.94. The molecule has 2 aromatic rings. The highest BCUT2D eigenvalue weighted by atomic mass is 16.5. The van der Waals surface area contributed by atoms with Crippen LogP contribution in [0.15, 0.2) is 48.7 Å². The number of hydrogen-bond donors (Lipinski definition) is 3. The molecule has 0 saturated carbocycles. The Bertz CT molecular complexity index is 796. The molecule has 0 saturated heterocycles. The van der Waals surface area contributed by atoms with Crippen molar-refractivity contribution in [3.05, 3.63) is 54.2 Å². The Balaban J connectivity index is 1.95. The van der Waals surface area contributed by atoms with Crippen molar-refractivity contribution < 1.29 is 23.9 Å². The normalized spacial score (nSPS) is 11.2. The Morgan fingerprint density at radius 2 is 1.89 bits per heavy atom. The number of rotatable bonds is 9. The summed E-state index contributed by atoms with van der Waals surface area (Å²) in [5.74, 6) is -0.709. The van der Waals surface area contributed by atoms with Gasteiger partial charge < -0.3 is 25.8 Å². The van der Waals surface area contributed by atoms with E-state index in [-0.39, 0.29) is 19.4 Å². The van der Waals surface area contributed by atoms with Gasteiger partial charge in [-0.2, -0.15) is 0 Å². The highest BCUT2D eigenvalue weighted by Crippen LogP contribution is 2.12. The molecule has 4 N–H and O–H groups in total. The molecule has 1 atom stereocenters. The second kappa shape index (κ2) is 10.5. The summed E-state index contributed by atoms with van der Waals surface area (Å²) in [5, 5.41) is 5.08. The van der Waals surface area contributed by atoms with Gasteiger partial charge in [-0.1, -0.05) is 30.3 Å². The van der Waals surface area contributed by atoms with Crippen LogP contribution in [0, 0.1) is 0 Å². The second-order valence-corrected chi connectivity index (χ2v) is 5.84. The van der Waals surface area contributed by atoms with Crippen molar-refractivity contribution >= 4 is 23.6 Å². The Kier molecular flexibility index (Phi) is 7.77. The predicted molar refractivity (Wildman–Crippen MR) is 101 cm³/mol. The van der Waals surface area contributed by atoms with Crippen molar-refractivity contribution in [3.8, 4) is 5.88 Å². The number of methoxy groups -OCH3 is 1. The zero-order chi connectivity index (χ0) is 20.4. The molecule has 9 heteroatoms. The van der Waals surface area contributed by atoms with Gasteiger partial charge in [-0.05, 0) is 18.1 Å². The lowest BCUT2D eigenvalue weighted by molar-refractivity contribution is -0.119. The molecular weight excluding hydrogens is 364 g/mol. The first-order valence-electron chi connectivity index (χ1n) is 8.54. The number of alkyl carbamates (subject to hydrolysis) is 1. The van der Waals surface area contributed by atoms with E-state index in [4.69, 9.17) is 15.2 Å². The van der Waals surface area contributed by atoms with Crippen LogP contribution < -0.4 is 21.1 Å². The van der Waals surface area contributed by atoms with E-state index in [1.165, 1.54) is 13.3 Å². The number of primary amides is 1. The molecule has 0 aliphatic rings. The summed E-state index contributed by atoms with van der Waals surface area (Å²) in [4.78, 5) is 39.6. The molecular formula is C19H22N4O5. The summed E-state index contributed by atoms with van der Waals surface area (Å²) in [7, 11) is 1.48. The number of ether oxygens (including phenoxy) is 2. The van der Waals surface area contributed by atoms with E-state index in [9.17, 15) is 14.4 Å². The lowest BCUT2D eigenvalue weighted by atomic mass is 10.1. The lowest BCUT2D eigenvalue weighted by Gasteiger charge is -2.18. The average Bonchev–Trinajstić information content (AvgIpc) is 2.70. The average molecular weight is 386 g/mol. The maximum atomic E-state index is 12.5. The number of carbonyl (C=O) groups excluding carboxylic acids is 3. The maximum absolute atomic E-state index is 12.5. The molecule has 0 unspecified atom stereocenters. The molecule has 1 aromatic carbocycles. The maximum Gasteiger partial charge on any atom is 0.408 e. The third-order valence-electron chi connectivity index (χ3n) is 3.71. The molecule has 28 heavy (non-hydrogen) atoms. The zero-order valence-electron chi connectivity index (χ0n) is 15.4. The molecule has 9 nitrogen and oxygen atoms in total. The highest BCUT2D eigenvalue weighted by Gasteiger charge is 2.22. The van der Waals surface area contributed by atoms with Crippen molar-refractivity contribution in [2.24, 2.45) is 5.73 Å². The fourth-order valence-electron chi connectivity index (χ4n) is 2.27. The van der Waals surface area contributed by atoms with E-state index in [2.05, 4.69) is 15.6 Å². The van der Waals surface area contributed by atoms with Crippen LogP contribution in [0.5, 0.6) is 5.88 Å². The summed E-state index contributed by atoms with van der Waals surface area (Å²) in [5.41, 5.74) is 6.37. The minimum absolute atomic E-state index is 0.0329. The van der Waals surface area contributed by atoms with Crippen LogP contribution >= 0.6 is 0 Å². The van der Waals surface area contributed by atoms with Crippen molar-refractivity contribution in [1.82, 2.24) is 10.3 Å². The van der Waals surface area contributed by atoms with E-state index < -0.39 is 23.9 Å². The fourth-order valence-corrected chi connectivity index (χ4v) is 2.27. The Morgan fingerprint density at radius 3 is 2.50 bits per heavy atom. The van der Waals surface area contributed by atoms with Gasteiger partial charge in [0.15, 0.2) is 0 Å². The first kappa shape index (κ1) is 20.7. The van der Waals surface area contributed by atoms with Crippen molar-refractivity contribution in [2.45, 2.75) is 25.5 Å². The van der Waals surface area contributed by atoms with Gasteiger partial charge in [0, 0.05) is 12.5 Å². The minimum Gasteiger partial charge on any atom is -0.481 e. The van der Waals surface area contributed by atoms with Crippen molar-refractivity contribution in [3.63, 3.8) is 0 Å². The van der Waals surface area contributed by atoms with Crippen LogP contribution in [0.1, 0.15) is 18.4 Å². The topological polar surface area (TPSA) is 133 Å². The van der Waals surface area contributed by atoms with Gasteiger partial charge in [-0.15, -0.1) is 0 Å². The third-order valence-corrected chi connectivity index (χ3v) is 3.71. The van der Waals surface area contributed by atoms with Gasteiger partial charge in [0.1, 0.15) is 12.6 Å². The molecule has 0 spiro atoms. The molecule has 1 aromatic heterocycles. The number of pyridine rings is 1. The number of nitrogens with one attached hydrogen (secondary N) is 2. The SMILES string of the molecule is COc1ccc(NC(=O)[C@H](CCC(N)=O)NC(=O)OCc2ccccc2)cn1. The van der Waals surface area contributed by atoms with E-state index in [0.29, 0.717) is 11.6 Å². The Morgan fingerprint density at radius 1 is 1.14 bits per heavy atom. The number of aromatic nitrogens is 1. The lowest BCUT2D eigenvalue weighted by Crippen LogP contribution is -2.44. The molecule has 0 aliphatic carbocycles. The summed E-state index contributed by atoms with van der Waals surface area (Å²) in [6, 6.07) is 11.3. The number of nitrogens with two attached hydrogens (primary N) is 1. The largest absolute Gasteiger partial charge is 0.481 e. The molecule has 3 amide bonds.